The van der Waals surface area contributed by atoms with E-state index in [2.05, 4.69) is 45.9 Å². The average molecular weight is 632 g/mol. The van der Waals surface area contributed by atoms with Crippen molar-refractivity contribution in [2.24, 2.45) is 0 Å². The summed E-state index contributed by atoms with van der Waals surface area (Å²) in [5.74, 6) is 0. The van der Waals surface area contributed by atoms with Gasteiger partial charge in [-0.3, -0.25) is 0 Å². The molecule has 0 bridgehead atoms. The topological polar surface area (TPSA) is 0 Å². The Morgan fingerprint density at radius 3 is 1.30 bits per heavy atom. The summed E-state index contributed by atoms with van der Waals surface area (Å²) >= 11 is 0. The Hall–Kier alpha value is 0.183. The molecule has 2 aromatic carbocycles. The molecule has 0 aliphatic rings. The Morgan fingerprint density at radius 1 is 0.541 bits per heavy atom. The SMILES string of the molecule is CCCCCCP(CCCCCC)c1ccc[c-]1P(CCCCCC)CCCCCC.[Ru].[cH-]1[cH-][cH-][cH-][cH-]1. The van der Waals surface area contributed by atoms with Gasteiger partial charge in [0.05, 0.1) is 0 Å². The molecule has 0 nitrogen and oxygen atoms in total. The third-order valence-electron chi connectivity index (χ3n) is 7.13. The van der Waals surface area contributed by atoms with Crippen molar-refractivity contribution in [3.05, 3.63) is 48.5 Å². The first kappa shape index (κ1) is 37.2. The van der Waals surface area contributed by atoms with Gasteiger partial charge >= 0.3 is 0 Å². The third-order valence-corrected chi connectivity index (χ3v) is 12.9. The fraction of sp³-hybridized carbons (Fsp3) is 0.706. The Bertz CT molecular complexity index is 579. The molecule has 0 atom stereocenters. The van der Waals surface area contributed by atoms with Gasteiger partial charge in [0.15, 0.2) is 0 Å². The minimum Gasteiger partial charge on any atom is -0.748 e. The number of hydrogen-bond donors (Lipinski definition) is 0. The zero-order valence-electron chi connectivity index (χ0n) is 25.0. The molecule has 0 radical (unpaired) electrons. The molecule has 2 rings (SSSR count). The van der Waals surface area contributed by atoms with Crippen LogP contribution in [0.25, 0.3) is 0 Å². The van der Waals surface area contributed by atoms with E-state index in [0.717, 1.165) is 0 Å². The van der Waals surface area contributed by atoms with E-state index in [1.807, 2.05) is 40.9 Å². The van der Waals surface area contributed by atoms with Crippen molar-refractivity contribution in [1.29, 1.82) is 0 Å². The molecule has 3 heteroatoms. The van der Waals surface area contributed by atoms with Crippen LogP contribution in [0.1, 0.15) is 130 Å². The largest absolute Gasteiger partial charge is 0.748 e. The van der Waals surface area contributed by atoms with E-state index in [1.54, 1.807) is 0 Å². The summed E-state index contributed by atoms with van der Waals surface area (Å²) in [6.07, 6.45) is 28.7. The maximum Gasteiger partial charge on any atom is 0 e. The smallest absolute Gasteiger partial charge is 0 e. The summed E-state index contributed by atoms with van der Waals surface area (Å²) in [6, 6.07) is 17.5. The van der Waals surface area contributed by atoms with Gasteiger partial charge in [-0.25, -0.2) is 12.1 Å². The van der Waals surface area contributed by atoms with Crippen LogP contribution in [0.15, 0.2) is 48.5 Å². The van der Waals surface area contributed by atoms with Crippen molar-refractivity contribution >= 4 is 26.5 Å². The minimum atomic E-state index is 0. The van der Waals surface area contributed by atoms with Crippen molar-refractivity contribution < 1.29 is 19.5 Å². The number of unbranched alkanes of at least 4 members (excludes halogenated alkanes) is 12. The molecule has 220 valence electrons. The van der Waals surface area contributed by atoms with Crippen LogP contribution in [0, 0.1) is 0 Å². The summed E-state index contributed by atoms with van der Waals surface area (Å²) < 4.78 is 0. The number of rotatable bonds is 22. The normalized spacial score (nSPS) is 11.0. The zero-order valence-corrected chi connectivity index (χ0v) is 28.5. The van der Waals surface area contributed by atoms with Crippen LogP contribution in [0.3, 0.4) is 0 Å². The van der Waals surface area contributed by atoms with E-state index in [0.29, 0.717) is 0 Å². The van der Waals surface area contributed by atoms with Crippen molar-refractivity contribution in [3.63, 3.8) is 0 Å². The van der Waals surface area contributed by atoms with E-state index in [9.17, 15) is 0 Å². The van der Waals surface area contributed by atoms with Gasteiger partial charge in [0, 0.05) is 19.5 Å². The molecular formula is C34H60P2Ru-6. The third kappa shape index (κ3) is 19.0. The zero-order chi connectivity index (χ0) is 26.1. The monoisotopic (exact) mass is 632 g/mol. The molecule has 0 saturated heterocycles. The maximum absolute atomic E-state index is 2.56. The molecule has 2 aromatic rings. The predicted octanol–water partition coefficient (Wildman–Crippen LogP) is 11.3. The van der Waals surface area contributed by atoms with Gasteiger partial charge in [0.25, 0.3) is 0 Å². The van der Waals surface area contributed by atoms with Crippen molar-refractivity contribution in [2.75, 3.05) is 24.6 Å². The molecule has 0 unspecified atom stereocenters. The minimum absolute atomic E-state index is 0. The maximum atomic E-state index is 2.56. The first-order valence-corrected chi connectivity index (χ1v) is 19.1. The summed E-state index contributed by atoms with van der Waals surface area (Å²) in [5.41, 5.74) is 0. The molecule has 0 aromatic heterocycles. The molecule has 0 amide bonds. The summed E-state index contributed by atoms with van der Waals surface area (Å²) in [7, 11) is 0.135. The van der Waals surface area contributed by atoms with Crippen molar-refractivity contribution in [3.8, 4) is 0 Å². The van der Waals surface area contributed by atoms with Crippen LogP contribution in [0.5, 0.6) is 0 Å². The molecule has 0 aliphatic carbocycles. The van der Waals surface area contributed by atoms with Crippen LogP contribution >= 0.6 is 15.8 Å². The Morgan fingerprint density at radius 2 is 0.919 bits per heavy atom. The molecule has 0 fully saturated rings. The van der Waals surface area contributed by atoms with Crippen molar-refractivity contribution in [1.82, 2.24) is 0 Å². The Balaban J connectivity index is 0.00000192. The van der Waals surface area contributed by atoms with Gasteiger partial charge in [0.2, 0.25) is 0 Å². The quantitative estimate of drug-likeness (QED) is 0.0525. The summed E-state index contributed by atoms with van der Waals surface area (Å²) in [5, 5.41) is 3.69. The van der Waals surface area contributed by atoms with Gasteiger partial charge in [-0.15, -0.1) is 26.5 Å². The molecule has 0 N–H and O–H groups in total. The van der Waals surface area contributed by atoms with Crippen molar-refractivity contribution in [2.45, 2.75) is 130 Å². The second kappa shape index (κ2) is 27.7. The second-order valence-electron chi connectivity index (χ2n) is 10.5. The van der Waals surface area contributed by atoms with Gasteiger partial charge in [0.1, 0.15) is 0 Å². The second-order valence-corrected chi connectivity index (χ2v) is 15.4. The van der Waals surface area contributed by atoms with Gasteiger partial charge < -0.3 is 30.3 Å². The molecule has 0 aliphatic heterocycles. The fourth-order valence-electron chi connectivity index (χ4n) is 4.88. The van der Waals surface area contributed by atoms with E-state index in [-0.39, 0.29) is 35.3 Å². The average Bonchev–Trinajstić information content (AvgIpc) is 3.63. The van der Waals surface area contributed by atoms with Crippen LogP contribution < -0.4 is 10.6 Å². The van der Waals surface area contributed by atoms with Gasteiger partial charge in [-0.2, -0.15) is 6.07 Å². The first-order chi connectivity index (χ1) is 17.8. The summed E-state index contributed by atoms with van der Waals surface area (Å²) in [6.45, 7) is 9.36. The summed E-state index contributed by atoms with van der Waals surface area (Å²) in [4.78, 5) is 0. The number of hydrogen-bond acceptors (Lipinski definition) is 0. The Kier molecular flexibility index (Phi) is 27.9. The molecular weight excluding hydrogens is 571 g/mol. The molecule has 37 heavy (non-hydrogen) atoms. The van der Waals surface area contributed by atoms with Crippen LogP contribution in [-0.2, 0) is 19.5 Å². The molecule has 0 heterocycles. The molecule has 0 saturated carbocycles. The van der Waals surface area contributed by atoms with E-state index in [4.69, 9.17) is 0 Å². The standard InChI is InChI=1S/C29H55P2.C5H5.Ru/c1-5-9-13-17-24-30(25-18-14-10-6-2)28-22-21-23-29(28)31(26-19-15-11-7-3)27-20-16-12-8-4;1-2-4-5-3-1;/h21-23H,5-20,24-27H2,1-4H3;1-5H;/q-1;-5;. The molecule has 0 spiro atoms. The van der Waals surface area contributed by atoms with E-state index >= 15 is 0 Å². The van der Waals surface area contributed by atoms with Crippen LogP contribution in [0.4, 0.5) is 0 Å². The predicted molar refractivity (Wildman–Crippen MR) is 173 cm³/mol. The van der Waals surface area contributed by atoms with Crippen LogP contribution in [0.2, 0.25) is 0 Å². The van der Waals surface area contributed by atoms with Gasteiger partial charge in [-0.05, 0) is 50.3 Å². The first-order valence-electron chi connectivity index (χ1n) is 15.7. The van der Waals surface area contributed by atoms with Gasteiger partial charge in [-0.1, -0.05) is 105 Å². The van der Waals surface area contributed by atoms with Crippen LogP contribution in [-0.4, -0.2) is 24.6 Å². The fourth-order valence-corrected chi connectivity index (χ4v) is 11.0. The Labute approximate surface area is 248 Å². The van der Waals surface area contributed by atoms with E-state index < -0.39 is 0 Å². The van der Waals surface area contributed by atoms with E-state index in [1.165, 1.54) is 127 Å².